The van der Waals surface area contributed by atoms with Gasteiger partial charge in [-0.25, -0.2) is 0 Å². The highest BCUT2D eigenvalue weighted by molar-refractivity contribution is 5.85. The zero-order valence-corrected chi connectivity index (χ0v) is 9.01. The summed E-state index contributed by atoms with van der Waals surface area (Å²) in [6.07, 6.45) is -0.0194. The van der Waals surface area contributed by atoms with Crippen molar-refractivity contribution in [1.29, 1.82) is 0 Å². The summed E-state index contributed by atoms with van der Waals surface area (Å²) < 4.78 is 4.92. The Morgan fingerprint density at radius 2 is 1.62 bits per heavy atom. The minimum atomic E-state index is -1.24. The predicted molar refractivity (Wildman–Crippen MR) is 53.0 cm³/mol. The first kappa shape index (κ1) is 14.4. The molecule has 0 radical (unpaired) electrons. The van der Waals surface area contributed by atoms with Crippen LogP contribution in [-0.4, -0.2) is 59.3 Å². The predicted octanol–water partition coefficient (Wildman–Crippen LogP) is -0.589. The van der Waals surface area contributed by atoms with E-state index in [0.29, 0.717) is 6.61 Å². The smallest absolute Gasteiger partial charge is 0.323 e. The molecule has 7 nitrogen and oxygen atoms in total. The molecule has 7 heteroatoms. The molecule has 0 aliphatic heterocycles. The quantitative estimate of drug-likeness (QED) is 0.543. The first-order chi connectivity index (χ1) is 7.47. The third kappa shape index (κ3) is 6.77. The van der Waals surface area contributed by atoms with Crippen LogP contribution in [-0.2, 0) is 19.1 Å². The lowest BCUT2D eigenvalue weighted by molar-refractivity contribution is -0.149. The van der Waals surface area contributed by atoms with Gasteiger partial charge >= 0.3 is 11.9 Å². The summed E-state index contributed by atoms with van der Waals surface area (Å²) in [6.45, 7) is 1.14. The molecular formula is C9H15NO6. The highest BCUT2D eigenvalue weighted by atomic mass is 16.5. The van der Waals surface area contributed by atoms with Gasteiger partial charge in [0.05, 0.1) is 13.0 Å². The standard InChI is InChI=1S/C9H15NO6/c1-2-16-4-3-7(11)10(5-8(12)13)6-9(14)15/h2-6H2,1H3,(H,12,13)(H,14,15). The van der Waals surface area contributed by atoms with Crippen LogP contribution < -0.4 is 0 Å². The molecule has 0 spiro atoms. The number of hydrogen-bond donors (Lipinski definition) is 2. The molecule has 0 fully saturated rings. The summed E-state index contributed by atoms with van der Waals surface area (Å²) in [5.74, 6) is -3.03. The summed E-state index contributed by atoms with van der Waals surface area (Å²) in [5.41, 5.74) is 0. The van der Waals surface area contributed by atoms with Gasteiger partial charge in [0.15, 0.2) is 0 Å². The number of rotatable bonds is 8. The van der Waals surface area contributed by atoms with Gasteiger partial charge in [-0.3, -0.25) is 14.4 Å². The number of nitrogens with zero attached hydrogens (tertiary/aromatic N) is 1. The van der Waals surface area contributed by atoms with E-state index >= 15 is 0 Å². The second-order valence-electron chi connectivity index (χ2n) is 2.98. The monoisotopic (exact) mass is 233 g/mol. The van der Waals surface area contributed by atoms with Crippen LogP contribution in [0.15, 0.2) is 0 Å². The lowest BCUT2D eigenvalue weighted by atomic mass is 10.3. The van der Waals surface area contributed by atoms with Gasteiger partial charge < -0.3 is 19.8 Å². The van der Waals surface area contributed by atoms with E-state index in [1.807, 2.05) is 0 Å². The van der Waals surface area contributed by atoms with Gasteiger partial charge in [0, 0.05) is 6.61 Å². The third-order valence-corrected chi connectivity index (χ3v) is 1.67. The molecule has 0 aliphatic carbocycles. The molecule has 0 aromatic heterocycles. The van der Waals surface area contributed by atoms with Crippen LogP contribution in [0.25, 0.3) is 0 Å². The van der Waals surface area contributed by atoms with Crippen LogP contribution in [0, 0.1) is 0 Å². The average Bonchev–Trinajstić information content (AvgIpc) is 2.15. The molecule has 92 valence electrons. The molecular weight excluding hydrogens is 218 g/mol. The van der Waals surface area contributed by atoms with Gasteiger partial charge in [-0.15, -0.1) is 0 Å². The summed E-state index contributed by atoms with van der Waals surface area (Å²) in [7, 11) is 0. The molecule has 0 bridgehead atoms. The van der Waals surface area contributed by atoms with E-state index in [9.17, 15) is 14.4 Å². The van der Waals surface area contributed by atoms with Crippen molar-refractivity contribution in [3.63, 3.8) is 0 Å². The van der Waals surface area contributed by atoms with Crippen LogP contribution in [0.1, 0.15) is 13.3 Å². The van der Waals surface area contributed by atoms with Crippen molar-refractivity contribution in [3.8, 4) is 0 Å². The molecule has 16 heavy (non-hydrogen) atoms. The molecule has 0 atom stereocenters. The number of carbonyl (C=O) groups is 3. The van der Waals surface area contributed by atoms with Gasteiger partial charge in [-0.1, -0.05) is 0 Å². The number of hydrogen-bond acceptors (Lipinski definition) is 4. The van der Waals surface area contributed by atoms with Crippen LogP contribution in [0.2, 0.25) is 0 Å². The number of aliphatic carboxylic acids is 2. The molecule has 1 amide bonds. The van der Waals surface area contributed by atoms with Crippen molar-refractivity contribution in [2.24, 2.45) is 0 Å². The second-order valence-corrected chi connectivity index (χ2v) is 2.98. The fourth-order valence-corrected chi connectivity index (χ4v) is 1.02. The summed E-state index contributed by atoms with van der Waals surface area (Å²) >= 11 is 0. The van der Waals surface area contributed by atoms with E-state index in [-0.39, 0.29) is 13.0 Å². The number of carbonyl (C=O) groups excluding carboxylic acids is 1. The van der Waals surface area contributed by atoms with Crippen LogP contribution in [0.3, 0.4) is 0 Å². The van der Waals surface area contributed by atoms with E-state index in [2.05, 4.69) is 0 Å². The largest absolute Gasteiger partial charge is 0.480 e. The topological polar surface area (TPSA) is 104 Å². The molecule has 0 aromatic rings. The minimum Gasteiger partial charge on any atom is -0.480 e. The fourth-order valence-electron chi connectivity index (χ4n) is 1.02. The summed E-state index contributed by atoms with van der Waals surface area (Å²) in [6, 6.07) is 0. The fraction of sp³-hybridized carbons (Fsp3) is 0.667. The van der Waals surface area contributed by atoms with Crippen molar-refractivity contribution in [2.75, 3.05) is 26.3 Å². The Bertz CT molecular complexity index is 249. The summed E-state index contributed by atoms with van der Waals surface area (Å²) in [5, 5.41) is 17.0. The Balaban J connectivity index is 4.20. The van der Waals surface area contributed by atoms with Crippen LogP contribution in [0.5, 0.6) is 0 Å². The van der Waals surface area contributed by atoms with Crippen molar-refractivity contribution in [3.05, 3.63) is 0 Å². The molecule has 0 saturated carbocycles. The molecule has 2 N–H and O–H groups in total. The average molecular weight is 233 g/mol. The van der Waals surface area contributed by atoms with Crippen LogP contribution in [0.4, 0.5) is 0 Å². The van der Waals surface area contributed by atoms with E-state index in [4.69, 9.17) is 14.9 Å². The van der Waals surface area contributed by atoms with Crippen molar-refractivity contribution < 1.29 is 29.3 Å². The lowest BCUT2D eigenvalue weighted by Gasteiger charge is -2.18. The Morgan fingerprint density at radius 3 is 2.00 bits per heavy atom. The SMILES string of the molecule is CCOCCC(=O)N(CC(=O)O)CC(=O)O. The third-order valence-electron chi connectivity index (χ3n) is 1.67. The van der Waals surface area contributed by atoms with E-state index in [0.717, 1.165) is 4.90 Å². The highest BCUT2D eigenvalue weighted by Crippen LogP contribution is 1.95. The number of carboxylic acids is 2. The Kier molecular flexibility index (Phi) is 6.86. The van der Waals surface area contributed by atoms with E-state index in [1.165, 1.54) is 0 Å². The normalized spacial score (nSPS) is 9.81. The van der Waals surface area contributed by atoms with Gasteiger partial charge in [-0.2, -0.15) is 0 Å². The van der Waals surface area contributed by atoms with Crippen molar-refractivity contribution >= 4 is 17.8 Å². The maximum atomic E-state index is 11.4. The van der Waals surface area contributed by atoms with Gasteiger partial charge in [0.2, 0.25) is 5.91 Å². The Morgan fingerprint density at radius 1 is 1.12 bits per heavy atom. The van der Waals surface area contributed by atoms with Crippen molar-refractivity contribution in [1.82, 2.24) is 4.90 Å². The molecule has 0 rings (SSSR count). The minimum absolute atomic E-state index is 0.0194. The molecule has 0 aromatic carbocycles. The van der Waals surface area contributed by atoms with E-state index < -0.39 is 30.9 Å². The Labute approximate surface area is 92.6 Å². The first-order valence-electron chi connectivity index (χ1n) is 4.76. The zero-order chi connectivity index (χ0) is 12.6. The van der Waals surface area contributed by atoms with Crippen LogP contribution >= 0.6 is 0 Å². The molecule has 0 aliphatic rings. The lowest BCUT2D eigenvalue weighted by Crippen LogP contribution is -2.39. The van der Waals surface area contributed by atoms with Gasteiger partial charge in [0.25, 0.3) is 0 Å². The van der Waals surface area contributed by atoms with Gasteiger partial charge in [-0.05, 0) is 6.92 Å². The van der Waals surface area contributed by atoms with Crippen molar-refractivity contribution in [2.45, 2.75) is 13.3 Å². The maximum Gasteiger partial charge on any atom is 0.323 e. The molecule has 0 unspecified atom stereocenters. The molecule has 0 saturated heterocycles. The maximum absolute atomic E-state index is 11.4. The first-order valence-corrected chi connectivity index (χ1v) is 4.76. The number of carboxylic acid groups (broad SMARTS) is 2. The summed E-state index contributed by atoms with van der Waals surface area (Å²) in [4.78, 5) is 33.0. The van der Waals surface area contributed by atoms with Gasteiger partial charge in [0.1, 0.15) is 13.1 Å². The van der Waals surface area contributed by atoms with E-state index in [1.54, 1.807) is 6.92 Å². The molecule has 0 heterocycles. The Hall–Kier alpha value is -1.63. The zero-order valence-electron chi connectivity index (χ0n) is 9.01. The second kappa shape index (κ2) is 7.63. The highest BCUT2D eigenvalue weighted by Gasteiger charge is 2.18. The number of ether oxygens (including phenoxy) is 1. The number of amides is 1.